The Bertz CT molecular complexity index is 452. The van der Waals surface area contributed by atoms with Gasteiger partial charge in [0.1, 0.15) is 0 Å². The summed E-state index contributed by atoms with van der Waals surface area (Å²) >= 11 is 0. The van der Waals surface area contributed by atoms with E-state index in [-0.39, 0.29) is 23.7 Å². The third kappa shape index (κ3) is 4.44. The molecule has 0 aliphatic rings. The molecule has 114 valence electrons. The van der Waals surface area contributed by atoms with Crippen LogP contribution in [0.2, 0.25) is 0 Å². The molecule has 0 aliphatic heterocycles. The van der Waals surface area contributed by atoms with Gasteiger partial charge in [-0.3, -0.25) is 0 Å². The van der Waals surface area contributed by atoms with Crippen LogP contribution in [0.15, 0.2) is 12.1 Å². The Labute approximate surface area is 113 Å². The molecule has 0 saturated carbocycles. The summed E-state index contributed by atoms with van der Waals surface area (Å²) in [5, 5.41) is 11.2. The molecule has 0 saturated heterocycles. The molecule has 0 aliphatic carbocycles. The Morgan fingerprint density at radius 3 is 2.60 bits per heavy atom. The van der Waals surface area contributed by atoms with Gasteiger partial charge in [0.25, 0.3) is 0 Å². The van der Waals surface area contributed by atoms with E-state index >= 15 is 0 Å². The number of hydrogen-bond donors (Lipinski definition) is 3. The Morgan fingerprint density at radius 2 is 2.05 bits per heavy atom. The van der Waals surface area contributed by atoms with Crippen LogP contribution in [-0.4, -0.2) is 30.5 Å². The van der Waals surface area contributed by atoms with Crippen molar-refractivity contribution in [3.63, 3.8) is 0 Å². The fourth-order valence-corrected chi connectivity index (χ4v) is 1.37. The Kier molecular flexibility index (Phi) is 5.43. The van der Waals surface area contributed by atoms with Gasteiger partial charge in [-0.15, -0.1) is 0 Å². The predicted octanol–water partition coefficient (Wildman–Crippen LogP) is 2.53. The summed E-state index contributed by atoms with van der Waals surface area (Å²) in [6, 6.07) is 2.12. The zero-order valence-corrected chi connectivity index (χ0v) is 10.8. The molecule has 0 fully saturated rings. The van der Waals surface area contributed by atoms with Crippen molar-refractivity contribution in [2.75, 3.05) is 24.2 Å². The molecule has 0 spiro atoms. The normalized spacial score (nSPS) is 13.1. The number of benzene rings is 1. The minimum Gasteiger partial charge on any atom is -0.490 e. The second kappa shape index (κ2) is 6.65. The molecule has 1 rings (SSSR count). The summed E-state index contributed by atoms with van der Waals surface area (Å²) < 4.78 is 55.0. The molecule has 0 aromatic heterocycles. The smallest absolute Gasteiger partial charge is 0.416 e. The van der Waals surface area contributed by atoms with E-state index in [1.165, 1.54) is 6.07 Å². The molecule has 0 heterocycles. The fraction of sp³-hybridized carbons (Fsp3) is 0.500. The van der Waals surface area contributed by atoms with Crippen LogP contribution in [0.4, 0.5) is 28.9 Å². The summed E-state index contributed by atoms with van der Waals surface area (Å²) in [6.07, 6.45) is -6.62. The molecular formula is C12H16F4N2O2. The third-order valence-electron chi connectivity index (χ3n) is 2.43. The fourth-order valence-electron chi connectivity index (χ4n) is 1.37. The van der Waals surface area contributed by atoms with Crippen LogP contribution in [0.25, 0.3) is 0 Å². The first kappa shape index (κ1) is 16.4. The minimum absolute atomic E-state index is 0.0688. The van der Waals surface area contributed by atoms with Crippen LogP contribution in [0.5, 0.6) is 5.75 Å². The van der Waals surface area contributed by atoms with Gasteiger partial charge in [-0.2, -0.15) is 13.2 Å². The summed E-state index contributed by atoms with van der Waals surface area (Å²) in [7, 11) is 0. The lowest BCUT2D eigenvalue weighted by Crippen LogP contribution is -2.35. The number of hydrogen-bond acceptors (Lipinski definition) is 4. The minimum atomic E-state index is -4.73. The molecule has 0 bridgehead atoms. The van der Waals surface area contributed by atoms with Gasteiger partial charge >= 0.3 is 6.18 Å². The van der Waals surface area contributed by atoms with Crippen LogP contribution >= 0.6 is 0 Å². The van der Waals surface area contributed by atoms with E-state index < -0.39 is 24.6 Å². The lowest BCUT2D eigenvalue weighted by atomic mass is 10.2. The highest BCUT2D eigenvalue weighted by atomic mass is 19.4. The SMILES string of the molecule is CCCOc1cc(NCC(O)C(F)(F)F)c(N)cc1F. The van der Waals surface area contributed by atoms with Gasteiger partial charge in [0.05, 0.1) is 18.0 Å². The van der Waals surface area contributed by atoms with Crippen molar-refractivity contribution in [2.24, 2.45) is 0 Å². The number of alkyl halides is 3. The van der Waals surface area contributed by atoms with E-state index in [1.807, 2.05) is 6.92 Å². The van der Waals surface area contributed by atoms with Crippen molar-refractivity contribution in [3.8, 4) is 5.75 Å². The first-order valence-electron chi connectivity index (χ1n) is 5.96. The predicted molar refractivity (Wildman–Crippen MR) is 67.1 cm³/mol. The first-order valence-corrected chi connectivity index (χ1v) is 5.96. The van der Waals surface area contributed by atoms with Crippen molar-refractivity contribution in [2.45, 2.75) is 25.6 Å². The van der Waals surface area contributed by atoms with Gasteiger partial charge in [-0.25, -0.2) is 4.39 Å². The van der Waals surface area contributed by atoms with Gasteiger partial charge in [-0.05, 0) is 6.42 Å². The quantitative estimate of drug-likeness (QED) is 0.557. The number of anilines is 2. The van der Waals surface area contributed by atoms with Crippen LogP contribution in [0.3, 0.4) is 0 Å². The molecule has 20 heavy (non-hydrogen) atoms. The molecule has 0 amide bonds. The highest BCUT2D eigenvalue weighted by molar-refractivity contribution is 5.68. The number of nitrogens with one attached hydrogen (secondary N) is 1. The van der Waals surface area contributed by atoms with E-state index in [0.717, 1.165) is 6.07 Å². The van der Waals surface area contributed by atoms with Crippen molar-refractivity contribution >= 4 is 11.4 Å². The molecule has 4 N–H and O–H groups in total. The Morgan fingerprint density at radius 1 is 1.40 bits per heavy atom. The van der Waals surface area contributed by atoms with E-state index in [2.05, 4.69) is 5.32 Å². The van der Waals surface area contributed by atoms with E-state index in [9.17, 15) is 17.6 Å². The van der Waals surface area contributed by atoms with E-state index in [0.29, 0.717) is 6.42 Å². The number of aliphatic hydroxyl groups excluding tert-OH is 1. The molecular weight excluding hydrogens is 280 g/mol. The molecule has 1 aromatic carbocycles. The standard InChI is InChI=1S/C12H16F4N2O2/c1-2-3-20-10-5-9(8(17)4-7(10)13)18-6-11(19)12(14,15)16/h4-5,11,18-19H,2-3,6,17H2,1H3. The summed E-state index contributed by atoms with van der Waals surface area (Å²) in [4.78, 5) is 0. The molecule has 4 nitrogen and oxygen atoms in total. The van der Waals surface area contributed by atoms with Gasteiger partial charge in [0, 0.05) is 18.7 Å². The molecule has 0 radical (unpaired) electrons. The molecule has 1 atom stereocenters. The monoisotopic (exact) mass is 296 g/mol. The van der Waals surface area contributed by atoms with Gasteiger partial charge < -0.3 is 20.9 Å². The van der Waals surface area contributed by atoms with Crippen LogP contribution < -0.4 is 15.8 Å². The lowest BCUT2D eigenvalue weighted by molar-refractivity contribution is -0.198. The van der Waals surface area contributed by atoms with Crippen molar-refractivity contribution in [1.29, 1.82) is 0 Å². The summed E-state index contributed by atoms with van der Waals surface area (Å²) in [5.41, 5.74) is 5.49. The van der Waals surface area contributed by atoms with Crippen LogP contribution in [0.1, 0.15) is 13.3 Å². The van der Waals surface area contributed by atoms with Gasteiger partial charge in [-0.1, -0.05) is 6.92 Å². The Balaban J connectivity index is 2.79. The highest BCUT2D eigenvalue weighted by Crippen LogP contribution is 2.29. The van der Waals surface area contributed by atoms with Crippen molar-refractivity contribution in [1.82, 2.24) is 0 Å². The van der Waals surface area contributed by atoms with E-state index in [1.54, 1.807) is 0 Å². The number of aliphatic hydroxyl groups is 1. The summed E-state index contributed by atoms with van der Waals surface area (Å²) in [5.74, 6) is -0.803. The Hall–Kier alpha value is -1.70. The van der Waals surface area contributed by atoms with Crippen molar-refractivity contribution in [3.05, 3.63) is 17.9 Å². The zero-order valence-electron chi connectivity index (χ0n) is 10.8. The zero-order chi connectivity index (χ0) is 15.3. The summed E-state index contributed by atoms with van der Waals surface area (Å²) in [6.45, 7) is 1.31. The second-order valence-electron chi connectivity index (χ2n) is 4.16. The maximum absolute atomic E-state index is 13.5. The van der Waals surface area contributed by atoms with Crippen molar-refractivity contribution < 1.29 is 27.4 Å². The topological polar surface area (TPSA) is 67.5 Å². The molecule has 1 unspecified atom stereocenters. The molecule has 8 heteroatoms. The van der Waals surface area contributed by atoms with E-state index in [4.69, 9.17) is 15.6 Å². The van der Waals surface area contributed by atoms with Gasteiger partial charge in [0.2, 0.25) is 0 Å². The lowest BCUT2D eigenvalue weighted by Gasteiger charge is -2.17. The van der Waals surface area contributed by atoms with Crippen LogP contribution in [0, 0.1) is 5.82 Å². The maximum Gasteiger partial charge on any atom is 0.416 e. The highest BCUT2D eigenvalue weighted by Gasteiger charge is 2.37. The number of nitrogens with two attached hydrogens (primary N) is 1. The first-order chi connectivity index (χ1) is 9.25. The average Bonchev–Trinajstić information content (AvgIpc) is 2.35. The third-order valence-corrected chi connectivity index (χ3v) is 2.43. The maximum atomic E-state index is 13.5. The number of halogens is 4. The number of nitrogen functional groups attached to an aromatic ring is 1. The molecule has 1 aromatic rings. The number of rotatable bonds is 6. The number of ether oxygens (including phenoxy) is 1. The van der Waals surface area contributed by atoms with Crippen LogP contribution in [-0.2, 0) is 0 Å². The largest absolute Gasteiger partial charge is 0.490 e. The second-order valence-corrected chi connectivity index (χ2v) is 4.16. The average molecular weight is 296 g/mol. The van der Waals surface area contributed by atoms with Gasteiger partial charge in [0.15, 0.2) is 17.7 Å².